The minimum atomic E-state index is 0.0411. The first-order valence-corrected chi connectivity index (χ1v) is 11.7. The molecule has 144 valence electrons. The monoisotopic (exact) mass is 422 g/mol. The highest BCUT2D eigenvalue weighted by Gasteiger charge is 2.23. The van der Waals surface area contributed by atoms with Crippen LogP contribution >= 0.6 is 34.6 Å². The molecule has 0 radical (unpaired) electrons. The van der Waals surface area contributed by atoms with Crippen molar-refractivity contribution in [1.82, 2.24) is 18.9 Å². The molecule has 0 aromatic carbocycles. The molecule has 1 aliphatic heterocycles. The number of nitrogens with zero attached hydrogens (tertiary/aromatic N) is 4. The molecular weight excluding hydrogens is 400 g/mol. The van der Waals surface area contributed by atoms with Crippen LogP contribution in [0.3, 0.4) is 0 Å². The van der Waals surface area contributed by atoms with Crippen LogP contribution in [0.2, 0.25) is 0 Å². The number of hydrogen-bond donors (Lipinski definition) is 0. The van der Waals surface area contributed by atoms with E-state index in [0.717, 1.165) is 58.2 Å². The molecule has 3 aromatic heterocycles. The Balaban J connectivity index is 1.82. The average molecular weight is 423 g/mol. The van der Waals surface area contributed by atoms with Crippen LogP contribution in [0.5, 0.6) is 0 Å². The summed E-state index contributed by atoms with van der Waals surface area (Å²) in [6, 6.07) is 0. The summed E-state index contributed by atoms with van der Waals surface area (Å²) in [5, 5.41) is 1.46. The van der Waals surface area contributed by atoms with E-state index in [1.54, 1.807) is 15.9 Å². The van der Waals surface area contributed by atoms with Gasteiger partial charge >= 0.3 is 0 Å². The minimum Gasteiger partial charge on any atom is -0.376 e. The first-order chi connectivity index (χ1) is 13.1. The van der Waals surface area contributed by atoms with Crippen LogP contribution < -0.4 is 5.56 Å². The Hall–Kier alpha value is -1.29. The predicted octanol–water partition coefficient (Wildman–Crippen LogP) is 4.07. The van der Waals surface area contributed by atoms with Crippen LogP contribution in [0.1, 0.15) is 43.0 Å². The van der Waals surface area contributed by atoms with Crippen LogP contribution in [0.25, 0.3) is 10.2 Å². The first kappa shape index (κ1) is 19.0. The number of hydrogen-bond acceptors (Lipinski definition) is 8. The van der Waals surface area contributed by atoms with Crippen LogP contribution in [0.4, 0.5) is 0 Å². The molecule has 1 unspecified atom stereocenters. The Morgan fingerprint density at radius 2 is 2.15 bits per heavy atom. The van der Waals surface area contributed by atoms with E-state index < -0.39 is 0 Å². The maximum Gasteiger partial charge on any atom is 0.263 e. The van der Waals surface area contributed by atoms with Crippen molar-refractivity contribution in [3.8, 4) is 0 Å². The summed E-state index contributed by atoms with van der Waals surface area (Å²) < 4.78 is 12.8. The van der Waals surface area contributed by atoms with Crippen LogP contribution in [0.15, 0.2) is 14.3 Å². The molecule has 4 rings (SSSR count). The van der Waals surface area contributed by atoms with Gasteiger partial charge in [0.25, 0.3) is 5.56 Å². The number of rotatable bonds is 6. The smallest absolute Gasteiger partial charge is 0.263 e. The zero-order chi connectivity index (χ0) is 19.0. The average Bonchev–Trinajstić information content (AvgIpc) is 3.38. The second kappa shape index (κ2) is 7.98. The van der Waals surface area contributed by atoms with Gasteiger partial charge in [0, 0.05) is 17.9 Å². The molecule has 9 heteroatoms. The van der Waals surface area contributed by atoms with Crippen molar-refractivity contribution in [2.45, 2.75) is 68.6 Å². The maximum atomic E-state index is 13.4. The minimum absolute atomic E-state index is 0.0411. The Morgan fingerprint density at radius 1 is 1.30 bits per heavy atom. The number of fused-ring (bicyclic) bond motifs is 1. The third-order valence-electron chi connectivity index (χ3n) is 4.79. The van der Waals surface area contributed by atoms with E-state index in [-0.39, 0.29) is 11.7 Å². The first-order valence-electron chi connectivity index (χ1n) is 9.25. The lowest BCUT2D eigenvalue weighted by molar-refractivity contribution is 0.0937. The summed E-state index contributed by atoms with van der Waals surface area (Å²) in [4.78, 5) is 24.8. The van der Waals surface area contributed by atoms with Gasteiger partial charge in [0.2, 0.25) is 0 Å². The third-order valence-corrected chi connectivity index (χ3v) is 7.61. The molecule has 0 saturated carbocycles. The zero-order valence-electron chi connectivity index (χ0n) is 15.7. The predicted molar refractivity (Wildman–Crippen MR) is 110 cm³/mol. The fraction of sp³-hybridized carbons (Fsp3) is 0.556. The van der Waals surface area contributed by atoms with Crippen LogP contribution in [-0.2, 0) is 24.1 Å². The van der Waals surface area contributed by atoms with E-state index in [9.17, 15) is 4.79 Å². The van der Waals surface area contributed by atoms with E-state index in [1.165, 1.54) is 28.2 Å². The van der Waals surface area contributed by atoms with Crippen molar-refractivity contribution in [3.63, 3.8) is 0 Å². The van der Waals surface area contributed by atoms with E-state index >= 15 is 0 Å². The molecule has 0 spiro atoms. The quantitative estimate of drug-likeness (QED) is 0.558. The summed E-state index contributed by atoms with van der Waals surface area (Å²) in [6.45, 7) is 7.51. The van der Waals surface area contributed by atoms with Crippen molar-refractivity contribution in [2.24, 2.45) is 0 Å². The third kappa shape index (κ3) is 3.70. The van der Waals surface area contributed by atoms with Crippen LogP contribution in [-0.4, -0.2) is 31.6 Å². The fourth-order valence-electron chi connectivity index (χ4n) is 3.39. The van der Waals surface area contributed by atoms with Crippen molar-refractivity contribution in [1.29, 1.82) is 0 Å². The molecule has 3 aromatic rings. The Labute approximate surface area is 170 Å². The highest BCUT2D eigenvalue weighted by molar-refractivity contribution is 8.00. The Morgan fingerprint density at radius 3 is 2.81 bits per heavy atom. The van der Waals surface area contributed by atoms with Gasteiger partial charge in [-0.25, -0.2) is 9.97 Å². The number of ether oxygens (including phenoxy) is 1. The maximum absolute atomic E-state index is 13.4. The highest BCUT2D eigenvalue weighted by atomic mass is 32.2. The fourth-order valence-corrected chi connectivity index (χ4v) is 6.25. The largest absolute Gasteiger partial charge is 0.376 e. The summed E-state index contributed by atoms with van der Waals surface area (Å²) in [5.74, 6) is 0.830. The Kier molecular flexibility index (Phi) is 5.63. The molecule has 1 atom stereocenters. The van der Waals surface area contributed by atoms with Gasteiger partial charge in [0.1, 0.15) is 10.7 Å². The molecule has 1 fully saturated rings. The molecule has 0 aliphatic carbocycles. The van der Waals surface area contributed by atoms with Gasteiger partial charge < -0.3 is 4.74 Å². The van der Waals surface area contributed by atoms with Gasteiger partial charge in [-0.15, -0.1) is 11.3 Å². The van der Waals surface area contributed by atoms with Crippen molar-refractivity contribution < 1.29 is 4.74 Å². The van der Waals surface area contributed by atoms with Gasteiger partial charge in [0.15, 0.2) is 9.50 Å². The van der Waals surface area contributed by atoms with E-state index in [0.29, 0.717) is 11.7 Å². The molecule has 1 saturated heterocycles. The van der Waals surface area contributed by atoms with E-state index in [1.807, 2.05) is 6.92 Å². The number of aromatic nitrogens is 4. The van der Waals surface area contributed by atoms with Crippen molar-refractivity contribution in [2.75, 3.05) is 6.61 Å². The zero-order valence-corrected chi connectivity index (χ0v) is 18.1. The normalized spacial score (nSPS) is 17.2. The second-order valence-corrected chi connectivity index (χ2v) is 9.72. The van der Waals surface area contributed by atoms with Crippen molar-refractivity contribution >= 4 is 44.8 Å². The van der Waals surface area contributed by atoms with Crippen LogP contribution in [0, 0.1) is 6.92 Å². The number of thiophene rings is 1. The second-order valence-electron chi connectivity index (χ2n) is 6.55. The molecule has 1 aliphatic rings. The lowest BCUT2D eigenvalue weighted by Gasteiger charge is -2.15. The molecule has 0 N–H and O–H groups in total. The number of aryl methyl sites for hydroxylation is 3. The topological polar surface area (TPSA) is 69.9 Å². The van der Waals surface area contributed by atoms with Gasteiger partial charge in [-0.2, -0.15) is 4.37 Å². The molecular formula is C18H22N4O2S3. The SMILES string of the molecule is CCc1nsc(Sc2nc3sc(C)c(CC)c3c(=O)n2CC2CCCO2)n1. The van der Waals surface area contributed by atoms with E-state index in [4.69, 9.17) is 9.72 Å². The molecule has 27 heavy (non-hydrogen) atoms. The highest BCUT2D eigenvalue weighted by Crippen LogP contribution is 2.33. The molecule has 6 nitrogen and oxygen atoms in total. The molecule has 0 amide bonds. The lowest BCUT2D eigenvalue weighted by atomic mass is 10.1. The van der Waals surface area contributed by atoms with Gasteiger partial charge in [0.05, 0.1) is 18.0 Å². The van der Waals surface area contributed by atoms with Gasteiger partial charge in [-0.1, -0.05) is 13.8 Å². The van der Waals surface area contributed by atoms with E-state index in [2.05, 4.69) is 23.2 Å². The molecule has 4 heterocycles. The van der Waals surface area contributed by atoms with Gasteiger partial charge in [-0.05, 0) is 55.0 Å². The summed E-state index contributed by atoms with van der Waals surface area (Å²) in [5.41, 5.74) is 1.16. The summed E-state index contributed by atoms with van der Waals surface area (Å²) in [6.07, 6.45) is 3.75. The summed E-state index contributed by atoms with van der Waals surface area (Å²) >= 11 is 4.40. The molecule has 0 bridgehead atoms. The van der Waals surface area contributed by atoms with Crippen molar-refractivity contribution in [3.05, 3.63) is 26.6 Å². The van der Waals surface area contributed by atoms with Gasteiger partial charge in [-0.3, -0.25) is 9.36 Å². The lowest BCUT2D eigenvalue weighted by Crippen LogP contribution is -2.28. The Bertz CT molecular complexity index is 1020. The standard InChI is InChI=1S/C18H22N4O2S3/c1-4-12-10(3)25-15-14(12)16(23)22(9-11-7-6-8-24-11)17(20-15)26-18-19-13(5-2)21-27-18/h11H,4-9H2,1-3H3. The summed E-state index contributed by atoms with van der Waals surface area (Å²) in [7, 11) is 0.